The van der Waals surface area contributed by atoms with Crippen LogP contribution in [0.1, 0.15) is 44.7 Å². The number of halogens is 1. The van der Waals surface area contributed by atoms with E-state index < -0.39 is 17.3 Å². The van der Waals surface area contributed by atoms with Gasteiger partial charge in [0.25, 0.3) is 0 Å². The number of piperidine rings is 1. The normalized spacial score (nSPS) is 22.1. The maximum absolute atomic E-state index is 12.3. The Morgan fingerprint density at radius 2 is 2.22 bits per heavy atom. The molecule has 2 rings (SSSR count). The molecule has 1 aromatic heterocycles. The summed E-state index contributed by atoms with van der Waals surface area (Å²) in [5.41, 5.74) is -0.973. The summed E-state index contributed by atoms with van der Waals surface area (Å²) in [7, 11) is 0. The van der Waals surface area contributed by atoms with Gasteiger partial charge in [0.2, 0.25) is 0 Å². The molecule has 128 valence electrons. The minimum atomic E-state index is -1.28. The summed E-state index contributed by atoms with van der Waals surface area (Å²) in [4.78, 5) is 17.7. The number of carbonyl (C=O) groups excluding carboxylic acids is 1. The third-order valence-electron chi connectivity index (χ3n) is 3.79. The number of nitrogens with zero attached hydrogens (tertiary/aromatic N) is 2. The monoisotopic (exact) mass is 342 g/mol. The van der Waals surface area contributed by atoms with Gasteiger partial charge < -0.3 is 19.8 Å². The van der Waals surface area contributed by atoms with Crippen molar-refractivity contribution in [2.24, 2.45) is 0 Å². The van der Waals surface area contributed by atoms with Gasteiger partial charge in [0.05, 0.1) is 13.2 Å². The molecule has 1 atom stereocenters. The van der Waals surface area contributed by atoms with Crippen LogP contribution in [-0.2, 0) is 16.9 Å². The average molecular weight is 343 g/mol. The van der Waals surface area contributed by atoms with Gasteiger partial charge in [-0.1, -0.05) is 11.6 Å². The van der Waals surface area contributed by atoms with Crippen molar-refractivity contribution in [2.75, 3.05) is 13.1 Å². The highest BCUT2D eigenvalue weighted by atomic mass is 35.5. The van der Waals surface area contributed by atoms with Crippen LogP contribution < -0.4 is 0 Å². The maximum Gasteiger partial charge on any atom is 0.410 e. The highest BCUT2D eigenvalue weighted by Crippen LogP contribution is 2.35. The first-order valence-corrected chi connectivity index (χ1v) is 7.99. The molecule has 1 aliphatic heterocycles. The zero-order chi connectivity index (χ0) is 17.3. The number of pyridine rings is 1. The lowest BCUT2D eigenvalue weighted by Crippen LogP contribution is -2.50. The number of amides is 1. The van der Waals surface area contributed by atoms with Crippen LogP contribution in [0, 0.1) is 0 Å². The van der Waals surface area contributed by atoms with Crippen molar-refractivity contribution < 1.29 is 19.7 Å². The van der Waals surface area contributed by atoms with Crippen molar-refractivity contribution in [3.05, 3.63) is 28.5 Å². The van der Waals surface area contributed by atoms with Crippen LogP contribution in [0.15, 0.2) is 12.3 Å². The lowest BCUT2D eigenvalue weighted by atomic mass is 9.84. The van der Waals surface area contributed by atoms with Gasteiger partial charge >= 0.3 is 6.09 Å². The van der Waals surface area contributed by atoms with Gasteiger partial charge in [0, 0.05) is 18.3 Å². The second-order valence-corrected chi connectivity index (χ2v) is 7.18. The van der Waals surface area contributed by atoms with E-state index in [1.54, 1.807) is 26.8 Å². The number of hydrogen-bond donors (Lipinski definition) is 2. The van der Waals surface area contributed by atoms with Crippen LogP contribution in [0.3, 0.4) is 0 Å². The van der Waals surface area contributed by atoms with Gasteiger partial charge in [-0.15, -0.1) is 0 Å². The third kappa shape index (κ3) is 4.13. The molecule has 0 bridgehead atoms. The van der Waals surface area contributed by atoms with Crippen LogP contribution in [0.5, 0.6) is 0 Å². The first kappa shape index (κ1) is 18.0. The van der Waals surface area contributed by atoms with Crippen LogP contribution in [0.2, 0.25) is 5.15 Å². The topological polar surface area (TPSA) is 82.9 Å². The molecule has 0 spiro atoms. The fraction of sp³-hybridized carbons (Fsp3) is 0.625. The van der Waals surface area contributed by atoms with Crippen LogP contribution >= 0.6 is 11.6 Å². The standard InChI is InChI=1S/C16H23ClN2O4/c1-15(2,3)23-14(21)19-8-4-6-16(22,10-19)12-5-7-18-13(17)11(12)9-20/h5,7,20,22H,4,6,8-10H2,1-3H3. The lowest BCUT2D eigenvalue weighted by Gasteiger charge is -2.40. The second-order valence-electron chi connectivity index (χ2n) is 6.82. The lowest BCUT2D eigenvalue weighted by molar-refractivity contribution is -0.0474. The molecule has 0 saturated carbocycles. The van der Waals surface area contributed by atoms with Crippen molar-refractivity contribution in [3.8, 4) is 0 Å². The molecule has 1 amide bonds. The molecule has 23 heavy (non-hydrogen) atoms. The molecule has 2 heterocycles. The molecule has 0 radical (unpaired) electrons. The van der Waals surface area contributed by atoms with Crippen molar-refractivity contribution in [2.45, 2.75) is 51.4 Å². The molecule has 2 N–H and O–H groups in total. The minimum Gasteiger partial charge on any atom is -0.444 e. The molecule has 1 saturated heterocycles. The number of aliphatic hydroxyl groups excluding tert-OH is 1. The SMILES string of the molecule is CC(C)(C)OC(=O)N1CCCC(O)(c2ccnc(Cl)c2CO)C1. The predicted octanol–water partition coefficient (Wildman–Crippen LogP) is 2.45. The van der Waals surface area contributed by atoms with E-state index in [1.165, 1.54) is 11.1 Å². The van der Waals surface area contributed by atoms with Crippen molar-refractivity contribution in [1.29, 1.82) is 0 Å². The molecule has 0 aliphatic carbocycles. The van der Waals surface area contributed by atoms with Gasteiger partial charge in [-0.3, -0.25) is 0 Å². The van der Waals surface area contributed by atoms with E-state index in [-0.39, 0.29) is 18.3 Å². The number of ether oxygens (including phenoxy) is 1. The van der Waals surface area contributed by atoms with Gasteiger partial charge in [-0.05, 0) is 45.2 Å². The minimum absolute atomic E-state index is 0.0925. The second kappa shape index (κ2) is 6.63. The van der Waals surface area contributed by atoms with Crippen LogP contribution in [0.25, 0.3) is 0 Å². The van der Waals surface area contributed by atoms with Gasteiger partial charge in [0.15, 0.2) is 0 Å². The number of carbonyl (C=O) groups is 1. The predicted molar refractivity (Wildman–Crippen MR) is 86.1 cm³/mol. The van der Waals surface area contributed by atoms with E-state index in [2.05, 4.69) is 4.98 Å². The summed E-state index contributed by atoms with van der Waals surface area (Å²) < 4.78 is 5.37. The summed E-state index contributed by atoms with van der Waals surface area (Å²) in [6, 6.07) is 1.63. The molecule has 1 fully saturated rings. The number of likely N-dealkylation sites (tertiary alicyclic amines) is 1. The zero-order valence-corrected chi connectivity index (χ0v) is 14.4. The Morgan fingerprint density at radius 1 is 1.52 bits per heavy atom. The molecule has 0 aromatic carbocycles. The maximum atomic E-state index is 12.3. The number of rotatable bonds is 2. The largest absolute Gasteiger partial charge is 0.444 e. The molecule has 1 aliphatic rings. The van der Waals surface area contributed by atoms with E-state index in [9.17, 15) is 15.0 Å². The summed E-state index contributed by atoms with van der Waals surface area (Å²) >= 11 is 6.01. The Labute approximate surface area is 141 Å². The molecule has 1 aromatic rings. The summed E-state index contributed by atoms with van der Waals surface area (Å²) in [5, 5.41) is 20.7. The van der Waals surface area contributed by atoms with E-state index >= 15 is 0 Å². The Morgan fingerprint density at radius 3 is 2.83 bits per heavy atom. The summed E-state index contributed by atoms with van der Waals surface area (Å²) in [5.74, 6) is 0. The van der Waals surface area contributed by atoms with Crippen LogP contribution in [0.4, 0.5) is 4.79 Å². The summed E-state index contributed by atoms with van der Waals surface area (Å²) in [6.07, 6.45) is 2.13. The Hall–Kier alpha value is -1.37. The van der Waals surface area contributed by atoms with E-state index in [0.29, 0.717) is 30.5 Å². The van der Waals surface area contributed by atoms with E-state index in [1.807, 2.05) is 0 Å². The van der Waals surface area contributed by atoms with E-state index in [0.717, 1.165) is 0 Å². The molecule has 6 nitrogen and oxygen atoms in total. The quantitative estimate of drug-likeness (QED) is 0.807. The van der Waals surface area contributed by atoms with Crippen molar-refractivity contribution in [3.63, 3.8) is 0 Å². The Bertz CT molecular complexity index is 588. The fourth-order valence-corrected chi connectivity index (χ4v) is 3.01. The highest BCUT2D eigenvalue weighted by molar-refractivity contribution is 6.30. The summed E-state index contributed by atoms with van der Waals surface area (Å²) in [6.45, 7) is 5.69. The molecule has 7 heteroatoms. The number of aromatic nitrogens is 1. The molecular formula is C16H23ClN2O4. The zero-order valence-electron chi connectivity index (χ0n) is 13.7. The smallest absolute Gasteiger partial charge is 0.410 e. The highest BCUT2D eigenvalue weighted by Gasteiger charge is 2.39. The first-order chi connectivity index (χ1) is 10.7. The average Bonchev–Trinajstić information content (AvgIpc) is 2.45. The van der Waals surface area contributed by atoms with Gasteiger partial charge in [-0.2, -0.15) is 0 Å². The van der Waals surface area contributed by atoms with Crippen molar-refractivity contribution >= 4 is 17.7 Å². The number of aliphatic hydroxyl groups is 2. The molecule has 1 unspecified atom stereocenters. The van der Waals surface area contributed by atoms with Crippen molar-refractivity contribution in [1.82, 2.24) is 9.88 Å². The van der Waals surface area contributed by atoms with Gasteiger partial charge in [0.1, 0.15) is 16.4 Å². The Balaban J connectivity index is 2.26. The van der Waals surface area contributed by atoms with E-state index in [4.69, 9.17) is 16.3 Å². The number of hydrogen-bond acceptors (Lipinski definition) is 5. The molecular weight excluding hydrogens is 320 g/mol. The first-order valence-electron chi connectivity index (χ1n) is 7.61. The number of β-amino-alcohol motifs (C(OH)–C–C–N with tert-alkyl or cyclic N) is 1. The third-order valence-corrected chi connectivity index (χ3v) is 4.11. The van der Waals surface area contributed by atoms with Gasteiger partial charge in [-0.25, -0.2) is 9.78 Å². The fourth-order valence-electron chi connectivity index (χ4n) is 2.79. The Kier molecular flexibility index (Phi) is 5.18. The van der Waals surface area contributed by atoms with Crippen LogP contribution in [-0.4, -0.2) is 44.9 Å².